The minimum atomic E-state index is -4.78. The standard InChI is InChI=1S/C17H15BrF3N3O2S/c1-16(13-11(18)7-8-27-13)12(14(25)24(2)15(22)23-16)9-3-5-10(6-4-9)26-17(19,20)21/h3-8,12H,1-2H3,(H2,22,23)/t12-,16-/m0/s1. The second kappa shape index (κ2) is 6.83. The predicted octanol–water partition coefficient (Wildman–Crippen LogP) is 4.40. The molecule has 1 aliphatic heterocycles. The van der Waals surface area contributed by atoms with Crippen LogP contribution < -0.4 is 10.1 Å². The van der Waals surface area contributed by atoms with E-state index in [9.17, 15) is 18.0 Å². The fraction of sp³-hybridized carbons (Fsp3) is 0.294. The summed E-state index contributed by atoms with van der Waals surface area (Å²) in [6.07, 6.45) is -4.78. The third-order valence-corrected chi connectivity index (χ3v) is 6.48. The summed E-state index contributed by atoms with van der Waals surface area (Å²) in [5.41, 5.74) is -0.427. The maximum Gasteiger partial charge on any atom is 0.573 e. The van der Waals surface area contributed by atoms with Crippen molar-refractivity contribution >= 4 is 39.1 Å². The SMILES string of the molecule is CN1C(=N)N[C@](C)(c2sccc2Br)[C@@H](c2ccc(OC(F)(F)F)cc2)C1=O. The Hall–Kier alpha value is -2.07. The van der Waals surface area contributed by atoms with Crippen LogP contribution in [0.3, 0.4) is 0 Å². The van der Waals surface area contributed by atoms with E-state index in [1.807, 2.05) is 11.4 Å². The lowest BCUT2D eigenvalue weighted by atomic mass is 9.77. The molecular weight excluding hydrogens is 447 g/mol. The summed E-state index contributed by atoms with van der Waals surface area (Å²) in [5.74, 6) is -1.48. The summed E-state index contributed by atoms with van der Waals surface area (Å²) in [6, 6.07) is 7.08. The van der Waals surface area contributed by atoms with Crippen LogP contribution in [0.4, 0.5) is 13.2 Å². The average molecular weight is 462 g/mol. The highest BCUT2D eigenvalue weighted by Gasteiger charge is 2.49. The Morgan fingerprint density at radius 1 is 1.30 bits per heavy atom. The van der Waals surface area contributed by atoms with Gasteiger partial charge < -0.3 is 10.1 Å². The van der Waals surface area contributed by atoms with Gasteiger partial charge in [0.2, 0.25) is 5.91 Å². The zero-order valence-corrected chi connectivity index (χ0v) is 16.6. The number of hydrogen-bond donors (Lipinski definition) is 2. The average Bonchev–Trinajstić information content (AvgIpc) is 3.00. The van der Waals surface area contributed by atoms with E-state index in [4.69, 9.17) is 5.41 Å². The van der Waals surface area contributed by atoms with Crippen LogP contribution in [0, 0.1) is 5.41 Å². The van der Waals surface area contributed by atoms with Gasteiger partial charge in [0.25, 0.3) is 0 Å². The van der Waals surface area contributed by atoms with Crippen molar-refractivity contribution in [1.29, 1.82) is 5.41 Å². The Labute approximate surface area is 165 Å². The molecule has 1 aromatic carbocycles. The number of amides is 1. The lowest BCUT2D eigenvalue weighted by Crippen LogP contribution is -2.62. The zero-order valence-electron chi connectivity index (χ0n) is 14.2. The first-order valence-corrected chi connectivity index (χ1v) is 9.43. The minimum absolute atomic E-state index is 0.0453. The molecule has 10 heteroatoms. The molecule has 1 amide bonds. The van der Waals surface area contributed by atoms with Gasteiger partial charge >= 0.3 is 6.36 Å². The minimum Gasteiger partial charge on any atom is -0.406 e. The topological polar surface area (TPSA) is 65.4 Å². The fourth-order valence-corrected chi connectivity index (χ4v) is 5.08. The van der Waals surface area contributed by atoms with Crippen molar-refractivity contribution < 1.29 is 22.7 Å². The van der Waals surface area contributed by atoms with Crippen LogP contribution in [-0.2, 0) is 10.3 Å². The number of nitrogens with one attached hydrogen (secondary N) is 2. The van der Waals surface area contributed by atoms with Crippen LogP contribution in [0.2, 0.25) is 0 Å². The largest absolute Gasteiger partial charge is 0.573 e. The second-order valence-electron chi connectivity index (χ2n) is 6.22. The molecule has 3 rings (SSSR count). The maximum atomic E-state index is 13.0. The molecule has 2 atom stereocenters. The molecule has 1 fully saturated rings. The molecule has 2 N–H and O–H groups in total. The molecule has 0 spiro atoms. The maximum absolute atomic E-state index is 13.0. The fourth-order valence-electron chi connectivity index (χ4n) is 3.14. The number of rotatable bonds is 3. The van der Waals surface area contributed by atoms with Gasteiger partial charge in [0.1, 0.15) is 5.75 Å². The quantitative estimate of drug-likeness (QED) is 0.711. The van der Waals surface area contributed by atoms with E-state index in [0.717, 1.165) is 9.35 Å². The molecule has 2 aromatic rings. The number of thiophene rings is 1. The number of benzene rings is 1. The van der Waals surface area contributed by atoms with Crippen molar-refractivity contribution in [1.82, 2.24) is 10.2 Å². The van der Waals surface area contributed by atoms with Crippen LogP contribution in [0.5, 0.6) is 5.75 Å². The molecule has 1 saturated heterocycles. The van der Waals surface area contributed by atoms with Crippen molar-refractivity contribution in [2.24, 2.45) is 0 Å². The van der Waals surface area contributed by atoms with Crippen molar-refractivity contribution in [3.8, 4) is 5.75 Å². The van der Waals surface area contributed by atoms with Gasteiger partial charge in [0.05, 0.1) is 11.5 Å². The number of halogens is 4. The second-order valence-corrected chi connectivity index (χ2v) is 7.99. The van der Waals surface area contributed by atoms with Crippen molar-refractivity contribution in [3.63, 3.8) is 0 Å². The first-order chi connectivity index (χ1) is 12.5. The lowest BCUT2D eigenvalue weighted by molar-refractivity contribution is -0.274. The normalized spacial score (nSPS) is 23.3. The molecule has 144 valence electrons. The summed E-state index contributed by atoms with van der Waals surface area (Å²) >= 11 is 4.89. The third kappa shape index (κ3) is 3.68. The highest BCUT2D eigenvalue weighted by molar-refractivity contribution is 9.10. The molecule has 5 nitrogen and oxygen atoms in total. The molecular formula is C17H15BrF3N3O2S. The van der Waals surface area contributed by atoms with Crippen LogP contribution >= 0.6 is 27.3 Å². The molecule has 27 heavy (non-hydrogen) atoms. The Bertz CT molecular complexity index is 884. The highest BCUT2D eigenvalue weighted by atomic mass is 79.9. The third-order valence-electron chi connectivity index (χ3n) is 4.40. The Morgan fingerprint density at radius 3 is 2.44 bits per heavy atom. The molecule has 0 saturated carbocycles. The number of nitrogens with zero attached hydrogens (tertiary/aromatic N) is 1. The van der Waals surface area contributed by atoms with Gasteiger partial charge in [0, 0.05) is 16.4 Å². The number of hydrogen-bond acceptors (Lipinski definition) is 4. The predicted molar refractivity (Wildman–Crippen MR) is 98.9 cm³/mol. The molecule has 0 unspecified atom stereocenters. The number of ether oxygens (including phenoxy) is 1. The Kier molecular flexibility index (Phi) is 4.98. The van der Waals surface area contributed by atoms with Gasteiger partial charge in [-0.1, -0.05) is 12.1 Å². The van der Waals surface area contributed by atoms with Crippen molar-refractivity contribution in [3.05, 3.63) is 50.6 Å². The van der Waals surface area contributed by atoms with Crippen LogP contribution in [0.15, 0.2) is 40.2 Å². The van der Waals surface area contributed by atoms with Gasteiger partial charge in [-0.25, -0.2) is 0 Å². The monoisotopic (exact) mass is 461 g/mol. The lowest BCUT2D eigenvalue weighted by Gasteiger charge is -2.45. The molecule has 2 heterocycles. The van der Waals surface area contributed by atoms with Crippen molar-refractivity contribution in [2.45, 2.75) is 24.7 Å². The molecule has 1 aromatic heterocycles. The van der Waals surface area contributed by atoms with E-state index in [1.54, 1.807) is 6.92 Å². The smallest absolute Gasteiger partial charge is 0.406 e. The van der Waals surface area contributed by atoms with Crippen molar-refractivity contribution in [2.75, 3.05) is 7.05 Å². The van der Waals surface area contributed by atoms with Gasteiger partial charge in [-0.15, -0.1) is 24.5 Å². The molecule has 1 aliphatic rings. The summed E-state index contributed by atoms with van der Waals surface area (Å²) in [7, 11) is 1.48. The number of guanidine groups is 1. The number of likely N-dealkylation sites (N-methyl/N-ethyl adjacent to an activating group) is 1. The Balaban J connectivity index is 2.05. The van der Waals surface area contributed by atoms with Crippen LogP contribution in [0.1, 0.15) is 23.3 Å². The number of carbonyl (C=O) groups is 1. The number of alkyl halides is 3. The van der Waals surface area contributed by atoms with E-state index in [0.29, 0.717) is 5.56 Å². The van der Waals surface area contributed by atoms with Gasteiger partial charge in [-0.05, 0) is 52.0 Å². The van der Waals surface area contributed by atoms with Crippen LogP contribution in [0.25, 0.3) is 0 Å². The summed E-state index contributed by atoms with van der Waals surface area (Å²) in [6.45, 7) is 1.80. The zero-order chi connectivity index (χ0) is 20.0. The van der Waals surface area contributed by atoms with Gasteiger partial charge in [-0.2, -0.15) is 0 Å². The molecule has 0 radical (unpaired) electrons. The van der Waals surface area contributed by atoms with Gasteiger partial charge in [-0.3, -0.25) is 15.1 Å². The number of carbonyl (C=O) groups excluding carboxylic acids is 1. The highest BCUT2D eigenvalue weighted by Crippen LogP contribution is 2.45. The molecule has 0 bridgehead atoms. The van der Waals surface area contributed by atoms with Gasteiger partial charge in [0.15, 0.2) is 5.96 Å². The van der Waals surface area contributed by atoms with E-state index in [-0.39, 0.29) is 17.6 Å². The first-order valence-electron chi connectivity index (χ1n) is 7.76. The van der Waals surface area contributed by atoms with E-state index >= 15 is 0 Å². The van der Waals surface area contributed by atoms with E-state index in [1.165, 1.54) is 47.5 Å². The summed E-state index contributed by atoms with van der Waals surface area (Å²) in [4.78, 5) is 15.0. The molecule has 0 aliphatic carbocycles. The Morgan fingerprint density at radius 2 is 1.93 bits per heavy atom. The van der Waals surface area contributed by atoms with Crippen LogP contribution in [-0.4, -0.2) is 30.2 Å². The summed E-state index contributed by atoms with van der Waals surface area (Å²) < 4.78 is 41.8. The van der Waals surface area contributed by atoms with E-state index in [2.05, 4.69) is 26.0 Å². The van der Waals surface area contributed by atoms with E-state index < -0.39 is 17.8 Å². The summed E-state index contributed by atoms with van der Waals surface area (Å²) in [5, 5.41) is 13.0. The first kappa shape index (κ1) is 19.7.